The summed E-state index contributed by atoms with van der Waals surface area (Å²) in [5, 5.41) is 0. The molecule has 1 aromatic rings. The molecule has 9 heteroatoms. The van der Waals surface area contributed by atoms with Gasteiger partial charge in [-0.3, -0.25) is 9.69 Å². The van der Waals surface area contributed by atoms with Gasteiger partial charge in [-0.05, 0) is 45.2 Å². The molecular formula is C25H36F4N2O3. The molecule has 0 aromatic carbocycles. The molecule has 1 N–H and O–H groups in total. The maximum absolute atomic E-state index is 15.1. The van der Waals surface area contributed by atoms with E-state index in [1.165, 1.54) is 24.4 Å². The molecule has 0 bridgehead atoms. The lowest BCUT2D eigenvalue weighted by Crippen LogP contribution is -2.39. The number of nitrogens with zero attached hydrogens (tertiary/aromatic N) is 1. The number of allylic oxidation sites excluding steroid dienone is 1. The molecule has 2 heterocycles. The molecule has 1 unspecified atom stereocenters. The number of aromatic amines is 1. The maximum atomic E-state index is 15.1. The van der Waals surface area contributed by atoms with E-state index in [1.54, 1.807) is 32.6 Å². The zero-order valence-electron chi connectivity index (χ0n) is 20.4. The number of hydrogen-bond donors (Lipinski definition) is 1. The number of H-pyrrole nitrogens is 1. The molecule has 192 valence electrons. The van der Waals surface area contributed by atoms with E-state index in [2.05, 4.69) is 4.98 Å². The van der Waals surface area contributed by atoms with Crippen molar-refractivity contribution in [2.24, 2.45) is 0 Å². The third-order valence-corrected chi connectivity index (χ3v) is 5.76. The fourth-order valence-electron chi connectivity index (χ4n) is 4.06. The second-order valence-electron chi connectivity index (χ2n) is 10.00. The summed E-state index contributed by atoms with van der Waals surface area (Å²) in [6.07, 6.45) is 3.75. The SMILES string of the molecule is CCCC(F)(F)C(CC/C=C/C(=O)OC(C)(C)C)c1c[nH]c(=O)c(CN2CCC(F)(F)CC2)c1. The molecule has 34 heavy (non-hydrogen) atoms. The Kier molecular flexibility index (Phi) is 9.51. The van der Waals surface area contributed by atoms with Gasteiger partial charge >= 0.3 is 5.97 Å². The van der Waals surface area contributed by atoms with E-state index < -0.39 is 34.9 Å². The summed E-state index contributed by atoms with van der Waals surface area (Å²) < 4.78 is 62.2. The number of carbonyl (C=O) groups is 1. The number of ether oxygens (including phenoxy) is 1. The first-order valence-corrected chi connectivity index (χ1v) is 11.8. The number of rotatable bonds is 10. The van der Waals surface area contributed by atoms with Crippen molar-refractivity contribution in [2.45, 2.75) is 96.1 Å². The second kappa shape index (κ2) is 11.5. The monoisotopic (exact) mass is 488 g/mol. The second-order valence-corrected chi connectivity index (χ2v) is 10.00. The van der Waals surface area contributed by atoms with Gasteiger partial charge in [0.1, 0.15) is 5.60 Å². The Morgan fingerprint density at radius 1 is 1.26 bits per heavy atom. The first-order valence-electron chi connectivity index (χ1n) is 11.8. The van der Waals surface area contributed by atoms with Crippen LogP contribution in [0.5, 0.6) is 0 Å². The van der Waals surface area contributed by atoms with Crippen LogP contribution in [0.25, 0.3) is 0 Å². The van der Waals surface area contributed by atoms with Gasteiger partial charge in [-0.2, -0.15) is 0 Å². The third-order valence-electron chi connectivity index (χ3n) is 5.76. The van der Waals surface area contributed by atoms with Crippen LogP contribution >= 0.6 is 0 Å². The van der Waals surface area contributed by atoms with Crippen molar-refractivity contribution in [2.75, 3.05) is 13.1 Å². The highest BCUT2D eigenvalue weighted by Crippen LogP contribution is 2.40. The van der Waals surface area contributed by atoms with Gasteiger partial charge < -0.3 is 9.72 Å². The molecule has 0 aliphatic carbocycles. The molecular weight excluding hydrogens is 452 g/mol. The molecule has 0 spiro atoms. The molecule has 2 rings (SSSR count). The molecule has 0 saturated carbocycles. The first-order chi connectivity index (χ1) is 15.7. The van der Waals surface area contributed by atoms with Crippen molar-refractivity contribution in [3.8, 4) is 0 Å². The maximum Gasteiger partial charge on any atom is 0.330 e. The van der Waals surface area contributed by atoms with Crippen LogP contribution in [0.1, 0.15) is 83.3 Å². The van der Waals surface area contributed by atoms with Gasteiger partial charge in [0, 0.05) is 62.7 Å². The number of halogens is 4. The zero-order valence-corrected chi connectivity index (χ0v) is 20.4. The smallest absolute Gasteiger partial charge is 0.330 e. The predicted molar refractivity (Wildman–Crippen MR) is 123 cm³/mol. The number of alkyl halides is 4. The van der Waals surface area contributed by atoms with Crippen molar-refractivity contribution in [3.05, 3.63) is 45.9 Å². The molecule has 1 aliphatic rings. The minimum Gasteiger partial charge on any atom is -0.457 e. The van der Waals surface area contributed by atoms with Gasteiger partial charge in [0.25, 0.3) is 17.4 Å². The highest BCUT2D eigenvalue weighted by molar-refractivity contribution is 5.82. The highest BCUT2D eigenvalue weighted by atomic mass is 19.3. The van der Waals surface area contributed by atoms with Gasteiger partial charge in [0.15, 0.2) is 0 Å². The summed E-state index contributed by atoms with van der Waals surface area (Å²) in [6.45, 7) is 7.31. The molecule has 5 nitrogen and oxygen atoms in total. The van der Waals surface area contributed by atoms with Gasteiger partial charge in [0.05, 0.1) is 0 Å². The molecule has 1 aromatic heterocycles. The largest absolute Gasteiger partial charge is 0.457 e. The quantitative estimate of drug-likeness (QED) is 0.257. The summed E-state index contributed by atoms with van der Waals surface area (Å²) >= 11 is 0. The van der Waals surface area contributed by atoms with Gasteiger partial charge in [0.2, 0.25) is 0 Å². The number of nitrogens with one attached hydrogen (secondary N) is 1. The number of likely N-dealkylation sites (tertiary alicyclic amines) is 1. The number of pyridine rings is 1. The van der Waals surface area contributed by atoms with Crippen LogP contribution in [-0.2, 0) is 16.1 Å². The molecule has 1 aliphatic heterocycles. The number of piperidine rings is 1. The van der Waals surface area contributed by atoms with E-state index in [0.29, 0.717) is 5.56 Å². The fraction of sp³-hybridized carbons (Fsp3) is 0.680. The van der Waals surface area contributed by atoms with Crippen molar-refractivity contribution in [1.29, 1.82) is 0 Å². The summed E-state index contributed by atoms with van der Waals surface area (Å²) in [6, 6.07) is 1.47. The van der Waals surface area contributed by atoms with Crippen LogP contribution in [0.2, 0.25) is 0 Å². The van der Waals surface area contributed by atoms with E-state index >= 15 is 8.78 Å². The molecule has 1 atom stereocenters. The Morgan fingerprint density at radius 3 is 2.50 bits per heavy atom. The standard InChI is InChI=1S/C25H36F4N2O3/c1-5-10-25(28,29)20(8-6-7-9-21(32)34-23(2,3)4)18-15-19(22(33)30-16-18)17-31-13-11-24(26,27)12-14-31/h7,9,15-16,20H,5-6,8,10-14,17H2,1-4H3,(H,30,33)/b9-7+. The number of aromatic nitrogens is 1. The van der Waals surface area contributed by atoms with Crippen LogP contribution in [0, 0.1) is 0 Å². The Balaban J connectivity index is 2.17. The summed E-state index contributed by atoms with van der Waals surface area (Å²) in [5.74, 6) is -7.43. The van der Waals surface area contributed by atoms with E-state index in [-0.39, 0.29) is 63.7 Å². The third kappa shape index (κ3) is 8.89. The van der Waals surface area contributed by atoms with Crippen LogP contribution in [0.3, 0.4) is 0 Å². The molecule has 0 amide bonds. The average Bonchev–Trinajstić information content (AvgIpc) is 2.70. The van der Waals surface area contributed by atoms with Crippen LogP contribution in [-0.4, -0.2) is 46.4 Å². The Hall–Kier alpha value is -2.16. The molecule has 0 radical (unpaired) electrons. The lowest BCUT2D eigenvalue weighted by molar-refractivity contribution is -0.148. The summed E-state index contributed by atoms with van der Waals surface area (Å²) in [5.41, 5.74) is -0.483. The Labute approximate surface area is 198 Å². The van der Waals surface area contributed by atoms with E-state index in [0.717, 1.165) is 0 Å². The predicted octanol–water partition coefficient (Wildman–Crippen LogP) is 5.80. The van der Waals surface area contributed by atoms with Gasteiger partial charge in [-0.1, -0.05) is 19.4 Å². The van der Waals surface area contributed by atoms with Crippen LogP contribution < -0.4 is 5.56 Å². The molecule has 1 saturated heterocycles. The summed E-state index contributed by atoms with van der Waals surface area (Å²) in [7, 11) is 0. The minimum atomic E-state index is -3.02. The van der Waals surface area contributed by atoms with E-state index in [4.69, 9.17) is 4.74 Å². The van der Waals surface area contributed by atoms with Crippen molar-refractivity contribution in [3.63, 3.8) is 0 Å². The number of hydrogen-bond acceptors (Lipinski definition) is 4. The lowest BCUT2D eigenvalue weighted by Gasteiger charge is -2.32. The lowest BCUT2D eigenvalue weighted by atomic mass is 9.86. The average molecular weight is 489 g/mol. The normalized spacial score (nSPS) is 18.2. The molecule has 1 fully saturated rings. The van der Waals surface area contributed by atoms with E-state index in [1.807, 2.05) is 0 Å². The Morgan fingerprint density at radius 2 is 1.91 bits per heavy atom. The number of esters is 1. The van der Waals surface area contributed by atoms with Crippen LogP contribution in [0.4, 0.5) is 17.6 Å². The Bertz CT molecular complexity index is 896. The first kappa shape index (κ1) is 28.1. The minimum absolute atomic E-state index is 0.0632. The number of carbonyl (C=O) groups excluding carboxylic acids is 1. The highest BCUT2D eigenvalue weighted by Gasteiger charge is 2.39. The van der Waals surface area contributed by atoms with Crippen LogP contribution in [0.15, 0.2) is 29.2 Å². The van der Waals surface area contributed by atoms with E-state index in [9.17, 15) is 18.4 Å². The topological polar surface area (TPSA) is 62.4 Å². The van der Waals surface area contributed by atoms with Crippen molar-refractivity contribution >= 4 is 5.97 Å². The fourth-order valence-corrected chi connectivity index (χ4v) is 4.06. The van der Waals surface area contributed by atoms with Gasteiger partial charge in [-0.25, -0.2) is 22.4 Å². The van der Waals surface area contributed by atoms with Gasteiger partial charge in [-0.15, -0.1) is 0 Å². The van der Waals surface area contributed by atoms with Crippen molar-refractivity contribution < 1.29 is 27.1 Å². The van der Waals surface area contributed by atoms with Crippen molar-refractivity contribution in [1.82, 2.24) is 9.88 Å². The zero-order chi connectivity index (χ0) is 25.6. The summed E-state index contributed by atoms with van der Waals surface area (Å²) in [4.78, 5) is 28.5.